The first-order valence-electron chi connectivity index (χ1n) is 10.4. The van der Waals surface area contributed by atoms with E-state index in [9.17, 15) is 29.7 Å². The molecule has 6 heteroatoms. The Labute approximate surface area is 163 Å². The Kier molecular flexibility index (Phi) is 12.6. The van der Waals surface area contributed by atoms with Crippen LogP contribution in [0.3, 0.4) is 0 Å². The highest BCUT2D eigenvalue weighted by molar-refractivity contribution is 6.16. The Morgan fingerprint density at radius 2 is 0.963 bits per heavy atom. The predicted octanol–water partition coefficient (Wildman–Crippen LogP) is 2.89. The quantitative estimate of drug-likeness (QED) is 0.262. The molecular formula is C21H38O6. The molecule has 0 heterocycles. The number of carbonyl (C=O) groups is 3. The number of hydrogen-bond acceptors (Lipinski definition) is 6. The summed E-state index contributed by atoms with van der Waals surface area (Å²) in [6, 6.07) is 0. The molecule has 1 atom stereocenters. The summed E-state index contributed by atoms with van der Waals surface area (Å²) in [6.07, 6.45) is 5.76. The lowest BCUT2D eigenvalue weighted by Crippen LogP contribution is -2.69. The van der Waals surface area contributed by atoms with Crippen LogP contribution in [-0.4, -0.2) is 50.5 Å². The third-order valence-corrected chi connectivity index (χ3v) is 5.12. The Balaban J connectivity index is 5.69. The van der Waals surface area contributed by atoms with Gasteiger partial charge in [-0.3, -0.25) is 14.4 Å². The summed E-state index contributed by atoms with van der Waals surface area (Å²) in [7, 11) is 0. The third-order valence-electron chi connectivity index (χ3n) is 5.12. The summed E-state index contributed by atoms with van der Waals surface area (Å²) >= 11 is 0. The summed E-state index contributed by atoms with van der Waals surface area (Å²) in [5, 5.41) is 31.7. The van der Waals surface area contributed by atoms with Crippen molar-refractivity contribution in [2.24, 2.45) is 0 Å². The molecule has 0 saturated carbocycles. The highest BCUT2D eigenvalue weighted by Crippen LogP contribution is 2.31. The van der Waals surface area contributed by atoms with Crippen molar-refractivity contribution in [2.75, 3.05) is 6.61 Å². The highest BCUT2D eigenvalue weighted by Gasteiger charge is 2.62. The molecule has 0 radical (unpaired) electrons. The Bertz CT molecular complexity index is 451. The van der Waals surface area contributed by atoms with Crippen LogP contribution in [0.1, 0.15) is 97.8 Å². The van der Waals surface area contributed by atoms with Crippen LogP contribution >= 0.6 is 0 Å². The molecule has 0 aliphatic carbocycles. The zero-order valence-corrected chi connectivity index (χ0v) is 17.3. The monoisotopic (exact) mass is 386 g/mol. The van der Waals surface area contributed by atoms with Gasteiger partial charge in [-0.15, -0.1) is 0 Å². The van der Waals surface area contributed by atoms with E-state index in [1.54, 1.807) is 0 Å². The van der Waals surface area contributed by atoms with E-state index in [2.05, 4.69) is 0 Å². The van der Waals surface area contributed by atoms with Gasteiger partial charge in [0.2, 0.25) is 5.60 Å². The van der Waals surface area contributed by atoms with Gasteiger partial charge in [0.15, 0.2) is 23.0 Å². The maximum Gasteiger partial charge on any atom is 0.219 e. The Hall–Kier alpha value is -1.11. The van der Waals surface area contributed by atoms with Gasteiger partial charge >= 0.3 is 0 Å². The van der Waals surface area contributed by atoms with E-state index in [-0.39, 0.29) is 19.3 Å². The molecule has 0 aliphatic rings. The minimum atomic E-state index is -2.88. The van der Waals surface area contributed by atoms with Crippen molar-refractivity contribution in [1.29, 1.82) is 0 Å². The normalized spacial score (nSPS) is 14.0. The summed E-state index contributed by atoms with van der Waals surface area (Å²) in [5.41, 5.74) is -5.67. The van der Waals surface area contributed by atoms with E-state index in [1.807, 2.05) is 20.8 Å². The summed E-state index contributed by atoms with van der Waals surface area (Å²) in [4.78, 5) is 38.1. The molecule has 0 saturated heterocycles. The van der Waals surface area contributed by atoms with E-state index in [1.165, 1.54) is 0 Å². The zero-order valence-electron chi connectivity index (χ0n) is 17.3. The topological polar surface area (TPSA) is 112 Å². The summed E-state index contributed by atoms with van der Waals surface area (Å²) in [6.45, 7) is 4.70. The van der Waals surface area contributed by atoms with E-state index in [4.69, 9.17) is 0 Å². The van der Waals surface area contributed by atoms with Crippen LogP contribution in [0.4, 0.5) is 0 Å². The lowest BCUT2D eigenvalue weighted by atomic mass is 9.71. The van der Waals surface area contributed by atoms with Crippen molar-refractivity contribution in [3.63, 3.8) is 0 Å². The Morgan fingerprint density at radius 3 is 1.26 bits per heavy atom. The van der Waals surface area contributed by atoms with E-state index in [0.717, 1.165) is 38.5 Å². The number of aliphatic hydroxyl groups is 3. The molecular weight excluding hydrogens is 348 g/mol. The van der Waals surface area contributed by atoms with Crippen molar-refractivity contribution in [3.05, 3.63) is 0 Å². The van der Waals surface area contributed by atoms with Crippen LogP contribution < -0.4 is 0 Å². The lowest BCUT2D eigenvalue weighted by Gasteiger charge is -2.39. The number of hydrogen-bond donors (Lipinski definition) is 3. The number of aliphatic hydroxyl groups excluding tert-OH is 1. The van der Waals surface area contributed by atoms with Gasteiger partial charge in [0.05, 0.1) is 6.61 Å². The maximum absolute atomic E-state index is 12.8. The molecule has 6 nitrogen and oxygen atoms in total. The fourth-order valence-electron chi connectivity index (χ4n) is 3.20. The summed E-state index contributed by atoms with van der Waals surface area (Å²) in [5.74, 6) is -2.61. The maximum atomic E-state index is 12.8. The molecule has 0 rings (SSSR count). The van der Waals surface area contributed by atoms with Crippen LogP contribution in [0.25, 0.3) is 0 Å². The van der Waals surface area contributed by atoms with Gasteiger partial charge in [-0.25, -0.2) is 0 Å². The first kappa shape index (κ1) is 25.9. The van der Waals surface area contributed by atoms with Crippen molar-refractivity contribution in [2.45, 2.75) is 109 Å². The fraction of sp³-hybridized carbons (Fsp3) is 0.857. The average Bonchev–Trinajstić information content (AvgIpc) is 2.66. The van der Waals surface area contributed by atoms with Crippen LogP contribution in [0, 0.1) is 0 Å². The standard InChI is InChI=1S/C21H38O6/c1-4-7-10-13-17(23)20(26,16-22)21(27,18(24)14-11-8-5-2)19(25)15-12-9-6-3/h22,26-27H,4-16H2,1-3H3/t20-/m1/s1. The van der Waals surface area contributed by atoms with Crippen LogP contribution in [0.2, 0.25) is 0 Å². The van der Waals surface area contributed by atoms with E-state index >= 15 is 0 Å². The van der Waals surface area contributed by atoms with Gasteiger partial charge in [0.1, 0.15) is 0 Å². The first-order chi connectivity index (χ1) is 12.8. The lowest BCUT2D eigenvalue weighted by molar-refractivity contribution is -0.194. The highest BCUT2D eigenvalue weighted by atomic mass is 16.4. The molecule has 27 heavy (non-hydrogen) atoms. The predicted molar refractivity (Wildman–Crippen MR) is 104 cm³/mol. The SMILES string of the molecule is CCCCCC(=O)C(O)(C(=O)CCCCC)[C@@](O)(CO)C(=O)CCCCC. The van der Waals surface area contributed by atoms with Crippen LogP contribution in [-0.2, 0) is 14.4 Å². The molecule has 0 aliphatic heterocycles. The third kappa shape index (κ3) is 6.77. The largest absolute Gasteiger partial charge is 0.393 e. The second kappa shape index (κ2) is 13.1. The van der Waals surface area contributed by atoms with Gasteiger partial charge in [0.25, 0.3) is 0 Å². The van der Waals surface area contributed by atoms with Gasteiger partial charge < -0.3 is 15.3 Å². The smallest absolute Gasteiger partial charge is 0.219 e. The first-order valence-corrected chi connectivity index (χ1v) is 10.4. The molecule has 0 unspecified atom stereocenters. The van der Waals surface area contributed by atoms with Crippen molar-refractivity contribution < 1.29 is 29.7 Å². The van der Waals surface area contributed by atoms with Crippen LogP contribution in [0.5, 0.6) is 0 Å². The van der Waals surface area contributed by atoms with Crippen molar-refractivity contribution in [3.8, 4) is 0 Å². The minimum absolute atomic E-state index is 0.0995. The number of Topliss-reactive ketones (excluding diaryl/α,β-unsaturated/α-hetero) is 3. The fourth-order valence-corrected chi connectivity index (χ4v) is 3.20. The van der Waals surface area contributed by atoms with Crippen molar-refractivity contribution >= 4 is 17.3 Å². The zero-order chi connectivity index (χ0) is 20.9. The van der Waals surface area contributed by atoms with Gasteiger partial charge in [0, 0.05) is 19.3 Å². The molecule has 158 valence electrons. The van der Waals surface area contributed by atoms with Crippen LogP contribution in [0.15, 0.2) is 0 Å². The molecule has 0 bridgehead atoms. The molecule has 3 N–H and O–H groups in total. The van der Waals surface area contributed by atoms with E-state index < -0.39 is 35.2 Å². The second-order valence-corrected chi connectivity index (χ2v) is 7.37. The second-order valence-electron chi connectivity index (χ2n) is 7.37. The summed E-state index contributed by atoms with van der Waals surface area (Å²) < 4.78 is 0. The molecule has 0 aromatic rings. The number of rotatable bonds is 17. The molecule has 0 fully saturated rings. The minimum Gasteiger partial charge on any atom is -0.393 e. The van der Waals surface area contributed by atoms with Gasteiger partial charge in [-0.1, -0.05) is 59.3 Å². The average molecular weight is 387 g/mol. The number of ketones is 3. The number of unbranched alkanes of at least 4 members (excludes halogenated alkanes) is 6. The van der Waals surface area contributed by atoms with Crippen molar-refractivity contribution in [1.82, 2.24) is 0 Å². The molecule has 0 amide bonds. The number of carbonyl (C=O) groups excluding carboxylic acids is 3. The molecule has 0 aromatic heterocycles. The van der Waals surface area contributed by atoms with E-state index in [0.29, 0.717) is 19.3 Å². The van der Waals surface area contributed by atoms with Gasteiger partial charge in [-0.2, -0.15) is 0 Å². The Morgan fingerprint density at radius 1 is 0.630 bits per heavy atom. The molecule has 0 spiro atoms. The van der Waals surface area contributed by atoms with Gasteiger partial charge in [-0.05, 0) is 19.3 Å². The molecule has 0 aromatic carbocycles.